The van der Waals surface area contributed by atoms with Gasteiger partial charge in [0.2, 0.25) is 21.8 Å². The summed E-state index contributed by atoms with van der Waals surface area (Å²) in [6, 6.07) is 4.32. The summed E-state index contributed by atoms with van der Waals surface area (Å²) in [5.74, 6) is -0.219. The van der Waals surface area contributed by atoms with Crippen LogP contribution in [0.25, 0.3) is 0 Å². The SMILES string of the molecule is C=CCO[C@@H]1C[C@H]2C(=O)N3CC[C@H](NS(=O)(=O)c4ccc(Cl)cc4)C[C@H]3C(=O)N2C1. The number of amides is 2. The molecule has 0 unspecified atom stereocenters. The van der Waals surface area contributed by atoms with Gasteiger partial charge in [0.25, 0.3) is 0 Å². The molecule has 1 aromatic rings. The van der Waals surface area contributed by atoms with Gasteiger partial charge in [0.05, 0.1) is 17.6 Å². The average Bonchev–Trinajstić information content (AvgIpc) is 3.15. The van der Waals surface area contributed by atoms with E-state index in [0.717, 1.165) is 0 Å². The van der Waals surface area contributed by atoms with Crippen molar-refractivity contribution in [2.24, 2.45) is 0 Å². The van der Waals surface area contributed by atoms with E-state index in [9.17, 15) is 18.0 Å². The van der Waals surface area contributed by atoms with Crippen LogP contribution in [0.1, 0.15) is 19.3 Å². The molecular weight excluding hydrogens is 430 g/mol. The first-order valence-electron chi connectivity index (χ1n) is 9.91. The van der Waals surface area contributed by atoms with Crippen LogP contribution in [0.15, 0.2) is 41.8 Å². The fourth-order valence-electron chi connectivity index (χ4n) is 4.45. The second kappa shape index (κ2) is 8.30. The number of fused-ring (bicyclic) bond motifs is 2. The molecule has 3 heterocycles. The minimum absolute atomic E-state index is 0.0803. The summed E-state index contributed by atoms with van der Waals surface area (Å²) in [6.07, 6.45) is 2.63. The van der Waals surface area contributed by atoms with Gasteiger partial charge in [-0.3, -0.25) is 9.59 Å². The van der Waals surface area contributed by atoms with E-state index in [-0.39, 0.29) is 29.2 Å². The van der Waals surface area contributed by atoms with Gasteiger partial charge in [-0.05, 0) is 37.1 Å². The van der Waals surface area contributed by atoms with E-state index in [0.29, 0.717) is 37.6 Å². The molecule has 2 amide bonds. The minimum Gasteiger partial charge on any atom is -0.372 e. The lowest BCUT2D eigenvalue weighted by Gasteiger charge is -2.46. The number of piperidine rings is 1. The molecule has 0 aliphatic carbocycles. The van der Waals surface area contributed by atoms with Gasteiger partial charge in [-0.25, -0.2) is 13.1 Å². The quantitative estimate of drug-likeness (QED) is 0.652. The molecule has 30 heavy (non-hydrogen) atoms. The Morgan fingerprint density at radius 2 is 1.80 bits per heavy atom. The zero-order valence-corrected chi connectivity index (χ0v) is 17.9. The molecule has 3 aliphatic rings. The summed E-state index contributed by atoms with van der Waals surface area (Å²) in [4.78, 5) is 29.4. The lowest BCUT2D eigenvalue weighted by Crippen LogP contribution is -2.66. The van der Waals surface area contributed by atoms with E-state index in [1.54, 1.807) is 15.9 Å². The standard InChI is InChI=1S/C20H24ClN3O5S/c1-2-9-29-15-11-18-19(25)23-8-7-14(10-17(23)20(26)24(18)12-15)22-30(27,28)16-5-3-13(21)4-6-16/h2-6,14-15,17-18,22H,1,7-12H2/t14-,15+,17-,18-/m0/s1. The molecule has 1 N–H and O–H groups in total. The van der Waals surface area contributed by atoms with Crippen LogP contribution >= 0.6 is 11.6 Å². The number of hydrogen-bond donors (Lipinski definition) is 1. The number of nitrogens with one attached hydrogen (secondary N) is 1. The third kappa shape index (κ3) is 3.99. The summed E-state index contributed by atoms with van der Waals surface area (Å²) in [5.41, 5.74) is 0. The van der Waals surface area contributed by atoms with E-state index in [2.05, 4.69) is 11.3 Å². The first-order chi connectivity index (χ1) is 14.3. The van der Waals surface area contributed by atoms with Gasteiger partial charge in [-0.15, -0.1) is 6.58 Å². The second-order valence-corrected chi connectivity index (χ2v) is 9.98. The van der Waals surface area contributed by atoms with Crippen LogP contribution in [0, 0.1) is 0 Å². The average molecular weight is 454 g/mol. The Morgan fingerprint density at radius 3 is 2.50 bits per heavy atom. The number of halogens is 1. The molecule has 3 fully saturated rings. The Labute approximate surface area is 180 Å². The summed E-state index contributed by atoms with van der Waals surface area (Å²) in [5, 5.41) is 0.448. The summed E-state index contributed by atoms with van der Waals surface area (Å²) in [6.45, 7) is 4.70. The molecule has 4 atom stereocenters. The van der Waals surface area contributed by atoms with E-state index in [1.165, 1.54) is 24.3 Å². The lowest BCUT2D eigenvalue weighted by atomic mass is 9.93. The van der Waals surface area contributed by atoms with E-state index >= 15 is 0 Å². The van der Waals surface area contributed by atoms with E-state index in [4.69, 9.17) is 16.3 Å². The highest BCUT2D eigenvalue weighted by atomic mass is 35.5. The maximum Gasteiger partial charge on any atom is 0.246 e. The van der Waals surface area contributed by atoms with E-state index < -0.39 is 28.1 Å². The number of hydrogen-bond acceptors (Lipinski definition) is 5. The van der Waals surface area contributed by atoms with Crippen molar-refractivity contribution in [2.45, 2.75) is 48.4 Å². The fraction of sp³-hybridized carbons (Fsp3) is 0.500. The van der Waals surface area contributed by atoms with Gasteiger partial charge in [0.1, 0.15) is 12.1 Å². The Kier molecular flexibility index (Phi) is 5.89. The monoisotopic (exact) mass is 453 g/mol. The lowest BCUT2D eigenvalue weighted by molar-refractivity contribution is -0.161. The fourth-order valence-corrected chi connectivity index (χ4v) is 5.86. The Balaban J connectivity index is 1.46. The Hall–Kier alpha value is -1.94. The van der Waals surface area contributed by atoms with Crippen LogP contribution < -0.4 is 4.72 Å². The highest BCUT2D eigenvalue weighted by molar-refractivity contribution is 7.89. The van der Waals surface area contributed by atoms with Gasteiger partial charge in [-0.2, -0.15) is 0 Å². The van der Waals surface area contributed by atoms with Crippen molar-refractivity contribution < 1.29 is 22.7 Å². The largest absolute Gasteiger partial charge is 0.372 e. The van der Waals surface area contributed by atoms with Gasteiger partial charge < -0.3 is 14.5 Å². The molecule has 3 saturated heterocycles. The molecule has 4 rings (SSSR count). The number of carbonyl (C=O) groups excluding carboxylic acids is 2. The molecule has 1 aromatic carbocycles. The molecule has 162 valence electrons. The van der Waals surface area contributed by atoms with Crippen molar-refractivity contribution in [2.75, 3.05) is 19.7 Å². The predicted molar refractivity (Wildman–Crippen MR) is 110 cm³/mol. The van der Waals surface area contributed by atoms with Crippen molar-refractivity contribution in [3.05, 3.63) is 41.9 Å². The van der Waals surface area contributed by atoms with Crippen LogP contribution in [0.3, 0.4) is 0 Å². The molecule has 10 heteroatoms. The zero-order chi connectivity index (χ0) is 21.5. The molecule has 0 aromatic heterocycles. The predicted octanol–water partition coefficient (Wildman–Crippen LogP) is 1.16. The van der Waals surface area contributed by atoms with Gasteiger partial charge in [0, 0.05) is 30.6 Å². The molecule has 0 bridgehead atoms. The number of benzene rings is 1. The van der Waals surface area contributed by atoms with Gasteiger partial charge >= 0.3 is 0 Å². The highest BCUT2D eigenvalue weighted by Gasteiger charge is 2.52. The Morgan fingerprint density at radius 1 is 1.13 bits per heavy atom. The molecule has 0 saturated carbocycles. The normalized spacial score (nSPS) is 29.0. The number of sulfonamides is 1. The first-order valence-corrected chi connectivity index (χ1v) is 11.8. The van der Waals surface area contributed by atoms with Gasteiger partial charge in [-0.1, -0.05) is 17.7 Å². The molecule has 8 nitrogen and oxygen atoms in total. The minimum atomic E-state index is -3.75. The summed E-state index contributed by atoms with van der Waals surface area (Å²) >= 11 is 5.83. The van der Waals surface area contributed by atoms with Crippen molar-refractivity contribution in [3.8, 4) is 0 Å². The van der Waals surface area contributed by atoms with Gasteiger partial charge in [0.15, 0.2) is 0 Å². The van der Waals surface area contributed by atoms with Crippen molar-refractivity contribution in [1.82, 2.24) is 14.5 Å². The second-order valence-electron chi connectivity index (χ2n) is 7.83. The summed E-state index contributed by atoms with van der Waals surface area (Å²) in [7, 11) is -3.75. The number of carbonyl (C=O) groups is 2. The number of ether oxygens (including phenoxy) is 1. The maximum atomic E-state index is 13.1. The molecule has 0 radical (unpaired) electrons. The van der Waals surface area contributed by atoms with Crippen LogP contribution in [0.2, 0.25) is 5.02 Å². The molecular formula is C20H24ClN3O5S. The number of piperazine rings is 1. The Bertz CT molecular complexity index is 952. The topological polar surface area (TPSA) is 96.0 Å². The van der Waals surface area contributed by atoms with Crippen LogP contribution in [0.4, 0.5) is 0 Å². The number of nitrogens with zero attached hydrogens (tertiary/aromatic N) is 2. The highest BCUT2D eigenvalue weighted by Crippen LogP contribution is 2.33. The molecule has 0 spiro atoms. The van der Waals surface area contributed by atoms with E-state index in [1.807, 2.05) is 0 Å². The van der Waals surface area contributed by atoms with Crippen LogP contribution in [-0.2, 0) is 24.3 Å². The van der Waals surface area contributed by atoms with Crippen LogP contribution in [0.5, 0.6) is 0 Å². The maximum absolute atomic E-state index is 13.1. The first kappa shape index (κ1) is 21.3. The van der Waals surface area contributed by atoms with Crippen molar-refractivity contribution in [3.63, 3.8) is 0 Å². The zero-order valence-electron chi connectivity index (χ0n) is 16.4. The third-order valence-electron chi connectivity index (χ3n) is 5.90. The van der Waals surface area contributed by atoms with Crippen LogP contribution in [-0.4, -0.2) is 74.0 Å². The number of rotatable bonds is 6. The van der Waals surface area contributed by atoms with Crippen molar-refractivity contribution in [1.29, 1.82) is 0 Å². The summed E-state index contributed by atoms with van der Waals surface area (Å²) < 4.78 is 33.7. The third-order valence-corrected chi connectivity index (χ3v) is 7.69. The van der Waals surface area contributed by atoms with Crippen molar-refractivity contribution >= 4 is 33.4 Å². The smallest absolute Gasteiger partial charge is 0.246 e. The molecule has 3 aliphatic heterocycles.